The maximum Gasteiger partial charge on any atom is 0.0966 e. The largest absolute Gasteiger partial charge is 0.387 e. The Morgan fingerprint density at radius 2 is 1.97 bits per heavy atom. The van der Waals surface area contributed by atoms with Gasteiger partial charge in [-0.2, -0.15) is 13.5 Å². The van der Waals surface area contributed by atoms with Gasteiger partial charge in [0.2, 0.25) is 0 Å². The van der Waals surface area contributed by atoms with Crippen molar-refractivity contribution in [1.29, 1.82) is 0 Å². The third kappa shape index (κ3) is 4.20. The molecule has 2 heterocycles. The maximum absolute atomic E-state index is 10.1. The summed E-state index contributed by atoms with van der Waals surface area (Å²) in [4.78, 5) is 7.76. The number of H-pyrrole nitrogens is 1. The molecule has 1 atom stereocenters. The number of aromatic nitrogens is 2. The number of pyridine rings is 1. The first-order valence-electron chi connectivity index (χ1n) is 10.9. The summed E-state index contributed by atoms with van der Waals surface area (Å²) in [7, 11) is 0. The minimum Gasteiger partial charge on any atom is -0.387 e. The first kappa shape index (κ1) is 22.2. The predicted molar refractivity (Wildman–Crippen MR) is 138 cm³/mol. The van der Waals surface area contributed by atoms with Crippen LogP contribution in [0.25, 0.3) is 10.9 Å². The summed E-state index contributed by atoms with van der Waals surface area (Å²) in [6.45, 7) is 5.15. The number of rotatable bonds is 6. The zero-order chi connectivity index (χ0) is 21.4. The molecule has 4 aromatic rings. The van der Waals surface area contributed by atoms with E-state index in [2.05, 4.69) is 77.0 Å². The molecule has 6 heteroatoms. The molecule has 1 unspecified atom stereocenters. The number of fused-ring (bicyclic) bond motifs is 2. The van der Waals surface area contributed by atoms with Gasteiger partial charge >= 0.3 is 0 Å². The van der Waals surface area contributed by atoms with Crippen molar-refractivity contribution < 1.29 is 5.11 Å². The Labute approximate surface area is 195 Å². The van der Waals surface area contributed by atoms with Crippen molar-refractivity contribution >= 4 is 41.5 Å². The number of para-hydroxylation sites is 1. The highest BCUT2D eigenvalue weighted by atomic mass is 32.1. The number of anilines is 3. The summed E-state index contributed by atoms with van der Waals surface area (Å²) in [6.07, 6.45) is 6.03. The van der Waals surface area contributed by atoms with E-state index in [0.717, 1.165) is 54.1 Å². The molecule has 0 fully saturated rings. The number of benzene rings is 2. The van der Waals surface area contributed by atoms with E-state index in [9.17, 15) is 5.11 Å². The second-order valence-corrected chi connectivity index (χ2v) is 8.42. The van der Waals surface area contributed by atoms with Gasteiger partial charge in [0.15, 0.2) is 0 Å². The minimum atomic E-state index is -0.439. The van der Waals surface area contributed by atoms with E-state index >= 15 is 0 Å². The second-order valence-electron chi connectivity index (χ2n) is 8.42. The lowest BCUT2D eigenvalue weighted by atomic mass is 10.1. The number of aliphatic hydroxyl groups is 1. The fraction of sp³-hybridized carbons (Fsp3) is 0.269. The van der Waals surface area contributed by atoms with Crippen LogP contribution >= 0.6 is 13.5 Å². The number of hydrogen-bond donors (Lipinski definition) is 4. The van der Waals surface area contributed by atoms with Crippen molar-refractivity contribution in [3.63, 3.8) is 0 Å². The van der Waals surface area contributed by atoms with Crippen LogP contribution in [0, 0.1) is 13.8 Å². The van der Waals surface area contributed by atoms with Gasteiger partial charge in [0.05, 0.1) is 11.8 Å². The number of nitrogens with one attached hydrogen (secondary N) is 3. The first-order valence-corrected chi connectivity index (χ1v) is 10.9. The van der Waals surface area contributed by atoms with Gasteiger partial charge in [-0.15, -0.1) is 0 Å². The third-order valence-electron chi connectivity index (χ3n) is 6.30. The average Bonchev–Trinajstić information content (AvgIpc) is 3.35. The Hall–Kier alpha value is -2.96. The van der Waals surface area contributed by atoms with Crippen LogP contribution in [0.4, 0.5) is 17.1 Å². The summed E-state index contributed by atoms with van der Waals surface area (Å²) < 4.78 is 0. The quantitative estimate of drug-likeness (QED) is 0.308. The highest BCUT2D eigenvalue weighted by Gasteiger charge is 2.24. The molecule has 2 aromatic heterocycles. The molecule has 0 amide bonds. The predicted octanol–water partition coefficient (Wildman–Crippen LogP) is 5.67. The van der Waals surface area contributed by atoms with Gasteiger partial charge in [-0.25, -0.2) is 0 Å². The average molecular weight is 447 g/mol. The molecule has 1 aliphatic rings. The number of aliphatic hydroxyl groups excluding tert-OH is 1. The van der Waals surface area contributed by atoms with Gasteiger partial charge in [-0.3, -0.25) is 4.98 Å². The molecular weight excluding hydrogens is 416 g/mol. The molecule has 5 rings (SSSR count). The summed E-state index contributed by atoms with van der Waals surface area (Å²) in [5.74, 6) is 0. The van der Waals surface area contributed by atoms with E-state index in [0.29, 0.717) is 0 Å². The number of hydrogen-bond acceptors (Lipinski definition) is 4. The summed E-state index contributed by atoms with van der Waals surface area (Å²) in [5, 5.41) is 18.5. The zero-order valence-corrected chi connectivity index (χ0v) is 19.5. The molecule has 0 saturated carbocycles. The minimum absolute atomic E-state index is 0. The third-order valence-corrected chi connectivity index (χ3v) is 6.30. The topological polar surface area (TPSA) is 73.0 Å². The Morgan fingerprint density at radius 3 is 2.81 bits per heavy atom. The monoisotopic (exact) mass is 446 g/mol. The standard InChI is InChI=1S/C26H28N4O.H2S/c1-16-4-3-5-20-18(15-29-25(16)20)10-12-27-22-8-6-19(14-17(22)2)30-23-11-13-28-26-21(23)7-9-24(26)31;/h3-6,8,11,13-15,24,27,29,31H,7,9-10,12H2,1-2H3,(H,28,30);1H2. The molecule has 166 valence electrons. The van der Waals surface area contributed by atoms with Gasteiger partial charge in [0, 0.05) is 46.9 Å². The molecule has 32 heavy (non-hydrogen) atoms. The van der Waals surface area contributed by atoms with Crippen molar-refractivity contribution in [2.75, 3.05) is 17.2 Å². The molecule has 0 aliphatic heterocycles. The molecule has 5 nitrogen and oxygen atoms in total. The summed E-state index contributed by atoms with van der Waals surface area (Å²) >= 11 is 0. The Balaban J connectivity index is 0.00000245. The summed E-state index contributed by atoms with van der Waals surface area (Å²) in [6, 6.07) is 14.8. The summed E-state index contributed by atoms with van der Waals surface area (Å²) in [5.41, 5.74) is 10.2. The zero-order valence-electron chi connectivity index (χ0n) is 18.5. The van der Waals surface area contributed by atoms with Gasteiger partial charge in [-0.05, 0) is 79.6 Å². The van der Waals surface area contributed by atoms with Crippen LogP contribution in [0.5, 0.6) is 0 Å². The number of nitrogens with zero attached hydrogens (tertiary/aromatic N) is 1. The number of aromatic amines is 1. The van der Waals surface area contributed by atoms with Crippen LogP contribution < -0.4 is 10.6 Å². The van der Waals surface area contributed by atoms with Crippen molar-refractivity contribution in [2.24, 2.45) is 0 Å². The molecule has 1 aliphatic carbocycles. The fourth-order valence-electron chi connectivity index (χ4n) is 4.59. The van der Waals surface area contributed by atoms with E-state index in [4.69, 9.17) is 0 Å². The first-order chi connectivity index (χ1) is 15.1. The lowest BCUT2D eigenvalue weighted by Gasteiger charge is -2.14. The van der Waals surface area contributed by atoms with Crippen LogP contribution in [0.2, 0.25) is 0 Å². The molecule has 2 aromatic carbocycles. The lowest BCUT2D eigenvalue weighted by molar-refractivity contribution is 0.176. The molecule has 4 N–H and O–H groups in total. The van der Waals surface area contributed by atoms with Crippen molar-refractivity contribution in [3.8, 4) is 0 Å². The molecule has 0 spiro atoms. The van der Waals surface area contributed by atoms with Gasteiger partial charge in [0.1, 0.15) is 0 Å². The van der Waals surface area contributed by atoms with Crippen LogP contribution in [0.15, 0.2) is 54.9 Å². The second kappa shape index (κ2) is 9.27. The normalized spacial score (nSPS) is 14.8. The highest BCUT2D eigenvalue weighted by molar-refractivity contribution is 7.59. The van der Waals surface area contributed by atoms with Crippen LogP contribution in [0.1, 0.15) is 40.5 Å². The number of aryl methyl sites for hydroxylation is 2. The Bertz CT molecular complexity index is 1250. The molecule has 0 saturated heterocycles. The molecule has 0 bridgehead atoms. The van der Waals surface area contributed by atoms with Crippen LogP contribution in [-0.4, -0.2) is 21.6 Å². The van der Waals surface area contributed by atoms with E-state index in [1.807, 2.05) is 6.07 Å². The lowest BCUT2D eigenvalue weighted by Crippen LogP contribution is -2.06. The Morgan fingerprint density at radius 1 is 1.09 bits per heavy atom. The van der Waals surface area contributed by atoms with Gasteiger partial charge < -0.3 is 20.7 Å². The maximum atomic E-state index is 10.1. The van der Waals surface area contributed by atoms with Crippen molar-refractivity contribution in [3.05, 3.63) is 82.8 Å². The molecule has 0 radical (unpaired) electrons. The fourth-order valence-corrected chi connectivity index (χ4v) is 4.59. The van der Waals surface area contributed by atoms with Crippen molar-refractivity contribution in [1.82, 2.24) is 9.97 Å². The van der Waals surface area contributed by atoms with E-state index in [1.165, 1.54) is 27.6 Å². The van der Waals surface area contributed by atoms with Crippen LogP contribution in [-0.2, 0) is 12.8 Å². The SMILES string of the molecule is Cc1cc(Nc2ccnc3c2CCC3O)ccc1NCCc1c[nH]c2c(C)cccc12.S. The van der Waals surface area contributed by atoms with Crippen molar-refractivity contribution in [2.45, 2.75) is 39.2 Å². The smallest absolute Gasteiger partial charge is 0.0966 e. The highest BCUT2D eigenvalue weighted by Crippen LogP contribution is 2.35. The van der Waals surface area contributed by atoms with Gasteiger partial charge in [-0.1, -0.05) is 18.2 Å². The van der Waals surface area contributed by atoms with E-state index < -0.39 is 6.10 Å². The van der Waals surface area contributed by atoms with Gasteiger partial charge in [0.25, 0.3) is 0 Å². The Kier molecular flexibility index (Phi) is 6.44. The van der Waals surface area contributed by atoms with E-state index in [-0.39, 0.29) is 13.5 Å². The molecular formula is C26H30N4OS. The van der Waals surface area contributed by atoms with Crippen LogP contribution in [0.3, 0.4) is 0 Å². The van der Waals surface area contributed by atoms with E-state index in [1.54, 1.807) is 6.20 Å².